The molecule has 0 aliphatic carbocycles. The largest absolute Gasteiger partial charge is 0.468 e. The summed E-state index contributed by atoms with van der Waals surface area (Å²) >= 11 is 0. The molecule has 0 saturated heterocycles. The SMILES string of the molecule is C=CC1OC(C(/C=C\CC)=C/C)=NC1C. The van der Waals surface area contributed by atoms with Gasteiger partial charge in [0.2, 0.25) is 5.90 Å². The van der Waals surface area contributed by atoms with Gasteiger partial charge in [-0.2, -0.15) is 0 Å². The number of hydrogen-bond acceptors (Lipinski definition) is 2. The highest BCUT2D eigenvalue weighted by atomic mass is 16.5. The summed E-state index contributed by atoms with van der Waals surface area (Å²) in [7, 11) is 0. The van der Waals surface area contributed by atoms with Crippen molar-refractivity contribution in [2.75, 3.05) is 0 Å². The van der Waals surface area contributed by atoms with E-state index in [1.165, 1.54) is 0 Å². The van der Waals surface area contributed by atoms with Crippen LogP contribution >= 0.6 is 0 Å². The molecular weight excluding hydrogens is 186 g/mol. The van der Waals surface area contributed by atoms with Gasteiger partial charge in [-0.25, -0.2) is 4.99 Å². The lowest BCUT2D eigenvalue weighted by molar-refractivity contribution is 0.248. The van der Waals surface area contributed by atoms with E-state index in [0.717, 1.165) is 17.9 Å². The molecule has 0 aromatic carbocycles. The summed E-state index contributed by atoms with van der Waals surface area (Å²) in [5.74, 6) is 0.736. The Morgan fingerprint density at radius 1 is 1.60 bits per heavy atom. The maximum absolute atomic E-state index is 5.69. The monoisotopic (exact) mass is 205 g/mol. The van der Waals surface area contributed by atoms with E-state index in [0.29, 0.717) is 0 Å². The lowest BCUT2D eigenvalue weighted by atomic mass is 10.2. The number of aliphatic imine (C=N–C) groups is 1. The van der Waals surface area contributed by atoms with E-state index < -0.39 is 0 Å². The first-order valence-electron chi connectivity index (χ1n) is 5.43. The predicted octanol–water partition coefficient (Wildman–Crippen LogP) is 3.27. The zero-order valence-corrected chi connectivity index (χ0v) is 9.73. The number of hydrogen-bond donors (Lipinski definition) is 0. The second kappa shape index (κ2) is 5.54. The van der Waals surface area contributed by atoms with Crippen LogP contribution < -0.4 is 0 Å². The Morgan fingerprint density at radius 3 is 2.80 bits per heavy atom. The van der Waals surface area contributed by atoms with Crippen molar-refractivity contribution in [3.8, 4) is 0 Å². The van der Waals surface area contributed by atoms with Gasteiger partial charge in [-0.15, -0.1) is 0 Å². The lowest BCUT2D eigenvalue weighted by Gasteiger charge is -2.09. The Morgan fingerprint density at radius 2 is 2.33 bits per heavy atom. The summed E-state index contributed by atoms with van der Waals surface area (Å²) in [4.78, 5) is 4.47. The number of rotatable bonds is 4. The molecule has 0 aromatic heterocycles. The fourth-order valence-corrected chi connectivity index (χ4v) is 1.44. The van der Waals surface area contributed by atoms with Gasteiger partial charge >= 0.3 is 0 Å². The molecular formula is C13H19NO. The summed E-state index contributed by atoms with van der Waals surface area (Å²) in [5, 5.41) is 0. The third-order valence-corrected chi connectivity index (χ3v) is 2.37. The summed E-state index contributed by atoms with van der Waals surface area (Å²) in [6.07, 6.45) is 9.01. The van der Waals surface area contributed by atoms with Crippen molar-refractivity contribution in [2.24, 2.45) is 4.99 Å². The van der Waals surface area contributed by atoms with Crippen LogP contribution in [0.4, 0.5) is 0 Å². The van der Waals surface area contributed by atoms with Gasteiger partial charge in [0.05, 0.1) is 6.04 Å². The molecule has 0 saturated carbocycles. The molecule has 0 spiro atoms. The fourth-order valence-electron chi connectivity index (χ4n) is 1.44. The van der Waals surface area contributed by atoms with E-state index in [4.69, 9.17) is 4.74 Å². The first-order valence-corrected chi connectivity index (χ1v) is 5.43. The molecule has 0 amide bonds. The van der Waals surface area contributed by atoms with Crippen LogP contribution in [0.5, 0.6) is 0 Å². The van der Waals surface area contributed by atoms with Crippen LogP contribution in [0, 0.1) is 0 Å². The molecule has 0 radical (unpaired) electrons. The minimum atomic E-state index is 0.0185. The maximum Gasteiger partial charge on any atom is 0.216 e. The van der Waals surface area contributed by atoms with E-state index in [2.05, 4.69) is 30.6 Å². The molecule has 2 unspecified atom stereocenters. The summed E-state index contributed by atoms with van der Waals surface area (Å²) in [6.45, 7) is 9.88. The average molecular weight is 205 g/mol. The summed E-state index contributed by atoms with van der Waals surface area (Å²) < 4.78 is 5.69. The molecule has 2 atom stereocenters. The molecule has 2 nitrogen and oxygen atoms in total. The fraction of sp³-hybridized carbons (Fsp3) is 0.462. The van der Waals surface area contributed by atoms with E-state index >= 15 is 0 Å². The molecule has 0 aromatic rings. The minimum Gasteiger partial charge on any atom is -0.468 e. The van der Waals surface area contributed by atoms with Crippen LogP contribution in [-0.2, 0) is 4.74 Å². The van der Waals surface area contributed by atoms with Gasteiger partial charge in [0, 0.05) is 5.57 Å². The van der Waals surface area contributed by atoms with Crippen molar-refractivity contribution in [1.29, 1.82) is 0 Å². The van der Waals surface area contributed by atoms with Crippen molar-refractivity contribution in [3.05, 3.63) is 36.5 Å². The van der Waals surface area contributed by atoms with Crippen molar-refractivity contribution in [1.82, 2.24) is 0 Å². The molecule has 1 heterocycles. The smallest absolute Gasteiger partial charge is 0.216 e. The zero-order chi connectivity index (χ0) is 11.3. The Balaban J connectivity index is 2.77. The van der Waals surface area contributed by atoms with E-state index in [1.807, 2.05) is 19.9 Å². The molecule has 1 rings (SSSR count). The zero-order valence-electron chi connectivity index (χ0n) is 9.73. The number of nitrogens with zero attached hydrogens (tertiary/aromatic N) is 1. The highest BCUT2D eigenvalue weighted by molar-refractivity contribution is 5.97. The topological polar surface area (TPSA) is 21.6 Å². The number of allylic oxidation sites excluding steroid dienone is 2. The quantitative estimate of drug-likeness (QED) is 0.510. The second-order valence-corrected chi connectivity index (χ2v) is 3.55. The second-order valence-electron chi connectivity index (χ2n) is 3.55. The van der Waals surface area contributed by atoms with Crippen LogP contribution in [0.2, 0.25) is 0 Å². The Labute approximate surface area is 92.1 Å². The van der Waals surface area contributed by atoms with Crippen LogP contribution in [0.15, 0.2) is 41.4 Å². The normalized spacial score (nSPS) is 26.6. The van der Waals surface area contributed by atoms with Crippen LogP contribution in [0.3, 0.4) is 0 Å². The van der Waals surface area contributed by atoms with Gasteiger partial charge in [0.25, 0.3) is 0 Å². The third-order valence-electron chi connectivity index (χ3n) is 2.37. The highest BCUT2D eigenvalue weighted by Gasteiger charge is 2.25. The first kappa shape index (κ1) is 11.8. The van der Waals surface area contributed by atoms with Crippen molar-refractivity contribution < 1.29 is 4.74 Å². The van der Waals surface area contributed by atoms with Crippen molar-refractivity contribution >= 4 is 5.90 Å². The van der Waals surface area contributed by atoms with Gasteiger partial charge < -0.3 is 4.74 Å². The van der Waals surface area contributed by atoms with Crippen molar-refractivity contribution in [2.45, 2.75) is 39.3 Å². The molecule has 15 heavy (non-hydrogen) atoms. The predicted molar refractivity (Wildman–Crippen MR) is 65.2 cm³/mol. The number of ether oxygens (including phenoxy) is 1. The van der Waals surface area contributed by atoms with Crippen LogP contribution in [0.1, 0.15) is 27.2 Å². The molecule has 0 bridgehead atoms. The van der Waals surface area contributed by atoms with Gasteiger partial charge in [-0.3, -0.25) is 0 Å². The molecule has 1 aliphatic heterocycles. The Bertz CT molecular complexity index is 312. The first-order chi connectivity index (χ1) is 7.22. The van der Waals surface area contributed by atoms with E-state index in [9.17, 15) is 0 Å². The highest BCUT2D eigenvalue weighted by Crippen LogP contribution is 2.18. The van der Waals surface area contributed by atoms with E-state index in [-0.39, 0.29) is 12.1 Å². The molecule has 2 heteroatoms. The van der Waals surface area contributed by atoms with Crippen molar-refractivity contribution in [3.63, 3.8) is 0 Å². The van der Waals surface area contributed by atoms with Gasteiger partial charge in [-0.1, -0.05) is 31.7 Å². The molecule has 82 valence electrons. The van der Waals surface area contributed by atoms with Crippen LogP contribution in [-0.4, -0.2) is 18.0 Å². The maximum atomic E-state index is 5.69. The lowest BCUT2D eigenvalue weighted by Crippen LogP contribution is -2.16. The minimum absolute atomic E-state index is 0.0185. The van der Waals surface area contributed by atoms with Gasteiger partial charge in [-0.05, 0) is 26.3 Å². The standard InChI is InChI=1S/C13H19NO/c1-5-8-9-11(6-2)13-14-10(4)12(7-3)15-13/h6-10,12H,3,5H2,1-2,4H3/b9-8-,11-6+. The third kappa shape index (κ3) is 2.82. The average Bonchev–Trinajstić information content (AvgIpc) is 2.61. The molecule has 0 fully saturated rings. The van der Waals surface area contributed by atoms with Crippen LogP contribution in [0.25, 0.3) is 0 Å². The summed E-state index contributed by atoms with van der Waals surface area (Å²) in [5.41, 5.74) is 1.05. The van der Waals surface area contributed by atoms with Gasteiger partial charge in [0.15, 0.2) is 0 Å². The Hall–Kier alpha value is -1.31. The molecule has 0 N–H and O–H groups in total. The van der Waals surface area contributed by atoms with Gasteiger partial charge in [0.1, 0.15) is 6.10 Å². The van der Waals surface area contributed by atoms with E-state index in [1.54, 1.807) is 6.08 Å². The Kier molecular flexibility index (Phi) is 4.35. The molecule has 1 aliphatic rings. The summed E-state index contributed by atoms with van der Waals surface area (Å²) in [6, 6.07) is 0.169.